The van der Waals surface area contributed by atoms with Gasteiger partial charge in [0.05, 0.1) is 18.1 Å². The van der Waals surface area contributed by atoms with E-state index in [1.54, 1.807) is 17.1 Å². The SMILES string of the molecule is O=C(Nc1ccc(-n2ccnn2)cc1)N[C@@H]1[C@H]2CC[C@@H](C2)[C@H]1CO. The lowest BCUT2D eigenvalue weighted by Gasteiger charge is -2.30. The minimum absolute atomic E-state index is 0.0863. The molecule has 0 saturated heterocycles. The van der Waals surface area contributed by atoms with Crippen LogP contribution < -0.4 is 10.6 Å². The van der Waals surface area contributed by atoms with Crippen LogP contribution in [0.1, 0.15) is 19.3 Å². The van der Waals surface area contributed by atoms with E-state index in [2.05, 4.69) is 20.9 Å². The average molecular weight is 327 g/mol. The summed E-state index contributed by atoms with van der Waals surface area (Å²) in [7, 11) is 0. The first-order valence-corrected chi connectivity index (χ1v) is 8.39. The minimum Gasteiger partial charge on any atom is -0.396 e. The number of carbonyl (C=O) groups excluding carboxylic acids is 1. The number of carbonyl (C=O) groups is 1. The molecule has 0 unspecified atom stereocenters. The number of hydrogen-bond donors (Lipinski definition) is 3. The zero-order valence-electron chi connectivity index (χ0n) is 13.3. The molecular weight excluding hydrogens is 306 g/mol. The molecule has 7 nitrogen and oxygen atoms in total. The number of nitrogens with one attached hydrogen (secondary N) is 2. The summed E-state index contributed by atoms with van der Waals surface area (Å²) in [6.07, 6.45) is 6.84. The molecule has 1 heterocycles. The maximum Gasteiger partial charge on any atom is 0.319 e. The smallest absolute Gasteiger partial charge is 0.319 e. The number of aliphatic hydroxyl groups is 1. The van der Waals surface area contributed by atoms with Crippen molar-refractivity contribution in [2.24, 2.45) is 17.8 Å². The molecule has 0 spiro atoms. The van der Waals surface area contributed by atoms with Crippen LogP contribution >= 0.6 is 0 Å². The van der Waals surface area contributed by atoms with Gasteiger partial charge >= 0.3 is 6.03 Å². The Hall–Kier alpha value is -2.41. The summed E-state index contributed by atoms with van der Waals surface area (Å²) in [6.45, 7) is 0.152. The molecule has 2 aromatic rings. The summed E-state index contributed by atoms with van der Waals surface area (Å²) in [5.74, 6) is 1.27. The van der Waals surface area contributed by atoms with Crippen LogP contribution in [0.4, 0.5) is 10.5 Å². The fourth-order valence-electron chi connectivity index (χ4n) is 4.26. The topological polar surface area (TPSA) is 92.1 Å². The Morgan fingerprint density at radius 3 is 2.75 bits per heavy atom. The highest BCUT2D eigenvalue weighted by molar-refractivity contribution is 5.89. The lowest BCUT2D eigenvalue weighted by molar-refractivity contribution is 0.146. The highest BCUT2D eigenvalue weighted by Gasteiger charge is 2.47. The third kappa shape index (κ3) is 2.75. The minimum atomic E-state index is -0.209. The van der Waals surface area contributed by atoms with E-state index in [0.717, 1.165) is 24.2 Å². The number of benzene rings is 1. The van der Waals surface area contributed by atoms with Gasteiger partial charge in [-0.05, 0) is 55.4 Å². The van der Waals surface area contributed by atoms with Gasteiger partial charge in [0, 0.05) is 24.3 Å². The molecule has 2 saturated carbocycles. The third-order valence-electron chi connectivity index (χ3n) is 5.41. The van der Waals surface area contributed by atoms with Gasteiger partial charge in [-0.2, -0.15) is 0 Å². The molecule has 1 aromatic carbocycles. The molecule has 2 bridgehead atoms. The molecule has 4 atom stereocenters. The van der Waals surface area contributed by atoms with Crippen molar-refractivity contribution in [2.45, 2.75) is 25.3 Å². The number of hydrogen-bond acceptors (Lipinski definition) is 4. The van der Waals surface area contributed by atoms with E-state index < -0.39 is 0 Å². The Morgan fingerprint density at radius 1 is 1.25 bits per heavy atom. The van der Waals surface area contributed by atoms with E-state index >= 15 is 0 Å². The summed E-state index contributed by atoms with van der Waals surface area (Å²) < 4.78 is 1.66. The van der Waals surface area contributed by atoms with Gasteiger partial charge in [-0.1, -0.05) is 5.21 Å². The quantitative estimate of drug-likeness (QED) is 0.798. The monoisotopic (exact) mass is 327 g/mol. The van der Waals surface area contributed by atoms with Crippen molar-refractivity contribution in [1.82, 2.24) is 20.3 Å². The lowest BCUT2D eigenvalue weighted by Crippen LogP contribution is -2.46. The van der Waals surface area contributed by atoms with Crippen LogP contribution in [0.2, 0.25) is 0 Å². The van der Waals surface area contributed by atoms with E-state index in [4.69, 9.17) is 0 Å². The zero-order valence-corrected chi connectivity index (χ0v) is 13.3. The van der Waals surface area contributed by atoms with E-state index in [1.807, 2.05) is 24.3 Å². The number of fused-ring (bicyclic) bond motifs is 2. The summed E-state index contributed by atoms with van der Waals surface area (Å²) in [5, 5.41) is 23.2. The molecule has 3 N–H and O–H groups in total. The van der Waals surface area contributed by atoms with Crippen LogP contribution in [0.5, 0.6) is 0 Å². The van der Waals surface area contributed by atoms with Gasteiger partial charge < -0.3 is 15.7 Å². The molecule has 2 aliphatic carbocycles. The Labute approximate surface area is 140 Å². The van der Waals surface area contributed by atoms with Gasteiger partial charge in [0.2, 0.25) is 0 Å². The Bertz CT molecular complexity index is 700. The number of aromatic nitrogens is 3. The summed E-state index contributed by atoms with van der Waals surface area (Å²) >= 11 is 0. The van der Waals surface area contributed by atoms with E-state index in [0.29, 0.717) is 11.8 Å². The van der Waals surface area contributed by atoms with Gasteiger partial charge in [-0.3, -0.25) is 0 Å². The Kier molecular flexibility index (Phi) is 3.93. The van der Waals surface area contributed by atoms with Crippen LogP contribution in [-0.2, 0) is 0 Å². The number of nitrogens with zero attached hydrogens (tertiary/aromatic N) is 3. The summed E-state index contributed by atoms with van der Waals surface area (Å²) in [5.41, 5.74) is 1.60. The fraction of sp³-hybridized carbons (Fsp3) is 0.471. The predicted molar refractivity (Wildman–Crippen MR) is 88.7 cm³/mol. The van der Waals surface area contributed by atoms with Crippen molar-refractivity contribution in [2.75, 3.05) is 11.9 Å². The van der Waals surface area contributed by atoms with Crippen LogP contribution in [0.25, 0.3) is 5.69 Å². The first-order chi connectivity index (χ1) is 11.7. The van der Waals surface area contributed by atoms with Crippen molar-refractivity contribution in [3.63, 3.8) is 0 Å². The maximum atomic E-state index is 12.3. The zero-order chi connectivity index (χ0) is 16.5. The number of urea groups is 1. The van der Waals surface area contributed by atoms with E-state index in [-0.39, 0.29) is 24.6 Å². The number of aliphatic hydroxyl groups excluding tert-OH is 1. The van der Waals surface area contributed by atoms with Crippen LogP contribution in [0, 0.1) is 17.8 Å². The molecule has 0 radical (unpaired) electrons. The van der Waals surface area contributed by atoms with Gasteiger partial charge in [0.1, 0.15) is 0 Å². The Balaban J connectivity index is 1.38. The molecule has 126 valence electrons. The fourth-order valence-corrected chi connectivity index (χ4v) is 4.26. The number of amides is 2. The first kappa shape index (κ1) is 15.1. The molecule has 4 rings (SSSR count). The van der Waals surface area contributed by atoms with E-state index in [9.17, 15) is 9.90 Å². The highest BCUT2D eigenvalue weighted by Crippen LogP contribution is 2.48. The largest absolute Gasteiger partial charge is 0.396 e. The predicted octanol–water partition coefficient (Wildman–Crippen LogP) is 1.80. The van der Waals surface area contributed by atoms with Crippen molar-refractivity contribution < 1.29 is 9.90 Å². The molecular formula is C17H21N5O2. The van der Waals surface area contributed by atoms with Gasteiger partial charge in [0.15, 0.2) is 0 Å². The van der Waals surface area contributed by atoms with Gasteiger partial charge in [-0.25, -0.2) is 9.48 Å². The summed E-state index contributed by atoms with van der Waals surface area (Å²) in [4.78, 5) is 12.3. The third-order valence-corrected chi connectivity index (χ3v) is 5.41. The molecule has 2 amide bonds. The highest BCUT2D eigenvalue weighted by atomic mass is 16.3. The molecule has 2 fully saturated rings. The number of rotatable bonds is 4. The van der Waals surface area contributed by atoms with Crippen molar-refractivity contribution in [3.05, 3.63) is 36.7 Å². The van der Waals surface area contributed by atoms with Crippen LogP contribution in [0.15, 0.2) is 36.7 Å². The van der Waals surface area contributed by atoms with Crippen LogP contribution in [0.3, 0.4) is 0 Å². The van der Waals surface area contributed by atoms with E-state index in [1.165, 1.54) is 6.42 Å². The maximum absolute atomic E-state index is 12.3. The second-order valence-electron chi connectivity index (χ2n) is 6.70. The molecule has 7 heteroatoms. The van der Waals surface area contributed by atoms with Crippen molar-refractivity contribution >= 4 is 11.7 Å². The average Bonchev–Trinajstić information content (AvgIpc) is 3.33. The molecule has 0 aliphatic heterocycles. The number of anilines is 1. The Morgan fingerprint density at radius 2 is 2.04 bits per heavy atom. The first-order valence-electron chi connectivity index (χ1n) is 8.39. The van der Waals surface area contributed by atoms with Gasteiger partial charge in [0.25, 0.3) is 0 Å². The standard InChI is InChI=1S/C17H21N5O2/c23-10-15-11-1-2-12(9-11)16(15)20-17(24)19-13-3-5-14(6-4-13)22-8-7-18-21-22/h3-8,11-12,15-16,23H,1-2,9-10H2,(H2,19,20,24)/t11-,12-,15+,16+/m0/s1. The van der Waals surface area contributed by atoms with Gasteiger partial charge in [-0.15, -0.1) is 5.10 Å². The molecule has 24 heavy (non-hydrogen) atoms. The molecule has 2 aliphatic rings. The normalized spacial score (nSPS) is 28.0. The lowest BCUT2D eigenvalue weighted by atomic mass is 9.85. The molecule has 1 aromatic heterocycles. The second kappa shape index (κ2) is 6.24. The van der Waals surface area contributed by atoms with Crippen LogP contribution in [-0.4, -0.2) is 38.8 Å². The van der Waals surface area contributed by atoms with Crippen molar-refractivity contribution in [1.29, 1.82) is 0 Å². The summed E-state index contributed by atoms with van der Waals surface area (Å²) in [6, 6.07) is 7.29. The van der Waals surface area contributed by atoms with Crippen molar-refractivity contribution in [3.8, 4) is 5.69 Å². The second-order valence-corrected chi connectivity index (χ2v) is 6.70.